The number of rotatable bonds is 5. The minimum absolute atomic E-state index is 0. The summed E-state index contributed by atoms with van der Waals surface area (Å²) in [5, 5.41) is 7.79. The minimum Gasteiger partial charge on any atom is -0.477 e. The van der Waals surface area contributed by atoms with Crippen LogP contribution in [0.4, 0.5) is 24.8 Å². The second-order valence-electron chi connectivity index (χ2n) is 12.3. The summed E-state index contributed by atoms with van der Waals surface area (Å²) in [6.07, 6.45) is 3.55. The van der Waals surface area contributed by atoms with Gasteiger partial charge in [-0.1, -0.05) is 13.8 Å². The number of alkyl halides is 3. The molecule has 0 spiro atoms. The third-order valence-corrected chi connectivity index (χ3v) is 9.51. The predicted molar refractivity (Wildman–Crippen MR) is 165 cm³/mol. The van der Waals surface area contributed by atoms with E-state index in [1.807, 2.05) is 12.1 Å². The van der Waals surface area contributed by atoms with Crippen molar-refractivity contribution in [2.75, 3.05) is 29.9 Å². The van der Waals surface area contributed by atoms with E-state index in [0.29, 0.717) is 23.1 Å². The van der Waals surface area contributed by atoms with Gasteiger partial charge in [0, 0.05) is 42.0 Å². The van der Waals surface area contributed by atoms with E-state index in [0.717, 1.165) is 49.5 Å². The highest BCUT2D eigenvalue weighted by atomic mass is 32.2. The molecular formula is C31H40F3N7O2S. The number of carbonyl (C=O) groups is 1. The first-order valence-electron chi connectivity index (χ1n) is 14.7. The number of nitrogens with zero attached hydrogens (tertiary/aromatic N) is 5. The van der Waals surface area contributed by atoms with Crippen molar-refractivity contribution in [3.05, 3.63) is 48.3 Å². The number of anilines is 2. The van der Waals surface area contributed by atoms with Crippen LogP contribution in [0.1, 0.15) is 76.6 Å². The number of hydrogen-bond donors (Lipinski definition) is 2. The second kappa shape index (κ2) is 12.5. The fourth-order valence-corrected chi connectivity index (χ4v) is 6.63. The van der Waals surface area contributed by atoms with Crippen molar-refractivity contribution in [3.63, 3.8) is 0 Å². The van der Waals surface area contributed by atoms with Gasteiger partial charge in [0.05, 0.1) is 17.6 Å². The fourth-order valence-electron chi connectivity index (χ4n) is 6.07. The van der Waals surface area contributed by atoms with Gasteiger partial charge in [0.25, 0.3) is 5.91 Å². The zero-order valence-electron chi connectivity index (χ0n) is 24.3. The Bertz CT molecular complexity index is 1460. The molecule has 4 bridgehead atoms. The maximum Gasteiger partial charge on any atom is 0.394 e. The van der Waals surface area contributed by atoms with Gasteiger partial charge < -0.3 is 15.0 Å². The lowest BCUT2D eigenvalue weighted by atomic mass is 9.93. The molecule has 238 valence electrons. The molecule has 6 heterocycles. The molecule has 9 nitrogen and oxygen atoms in total. The first kappa shape index (κ1) is 31.9. The summed E-state index contributed by atoms with van der Waals surface area (Å²) < 4.78 is 49.9. The maximum atomic E-state index is 13.5. The summed E-state index contributed by atoms with van der Waals surface area (Å²) in [4.78, 5) is 25.9. The van der Waals surface area contributed by atoms with Gasteiger partial charge in [-0.2, -0.15) is 13.2 Å². The molecule has 1 atom stereocenters. The van der Waals surface area contributed by atoms with Gasteiger partial charge in [-0.15, -0.1) is 5.10 Å². The number of hydrogen-bond acceptors (Lipinski definition) is 8. The molecule has 1 saturated heterocycles. The number of amides is 1. The van der Waals surface area contributed by atoms with E-state index in [1.54, 1.807) is 30.6 Å². The van der Waals surface area contributed by atoms with Gasteiger partial charge in [-0.3, -0.25) is 9.52 Å². The van der Waals surface area contributed by atoms with Crippen LogP contribution in [0.15, 0.2) is 47.6 Å². The van der Waals surface area contributed by atoms with E-state index in [9.17, 15) is 18.0 Å². The molecule has 0 radical (unpaired) electrons. The van der Waals surface area contributed by atoms with E-state index in [-0.39, 0.29) is 50.6 Å². The van der Waals surface area contributed by atoms with Gasteiger partial charge in [-0.25, -0.2) is 14.6 Å². The van der Waals surface area contributed by atoms with Crippen LogP contribution in [-0.2, 0) is 0 Å². The SMILES string of the molecule is C.CC1(C)CC2CCCCNc3ccc(cn3)SNC(=O)c3ccc(-n4ccc(OCCC5(C(F)(F)F)CC5)n4)nc3N1C2. The van der Waals surface area contributed by atoms with E-state index in [2.05, 4.69) is 38.9 Å². The van der Waals surface area contributed by atoms with E-state index in [1.165, 1.54) is 16.6 Å². The van der Waals surface area contributed by atoms with E-state index >= 15 is 0 Å². The van der Waals surface area contributed by atoms with Crippen molar-refractivity contribution in [2.45, 2.75) is 82.8 Å². The molecule has 7 rings (SSSR count). The highest BCUT2D eigenvalue weighted by Gasteiger charge is 2.62. The summed E-state index contributed by atoms with van der Waals surface area (Å²) in [6, 6.07) is 8.90. The van der Waals surface area contributed by atoms with E-state index < -0.39 is 11.6 Å². The van der Waals surface area contributed by atoms with Gasteiger partial charge in [0.2, 0.25) is 5.88 Å². The summed E-state index contributed by atoms with van der Waals surface area (Å²) in [6.45, 7) is 5.92. The smallest absolute Gasteiger partial charge is 0.394 e. The average Bonchev–Trinajstić information content (AvgIpc) is 3.52. The molecule has 3 aromatic rings. The van der Waals surface area contributed by atoms with Crippen LogP contribution in [0, 0.1) is 11.3 Å². The lowest BCUT2D eigenvalue weighted by molar-refractivity contribution is -0.190. The number of carbonyl (C=O) groups excluding carboxylic acids is 1. The molecule has 3 aromatic heterocycles. The third-order valence-electron chi connectivity index (χ3n) is 8.75. The molecule has 1 amide bonds. The van der Waals surface area contributed by atoms with E-state index in [4.69, 9.17) is 9.72 Å². The van der Waals surface area contributed by atoms with Crippen LogP contribution < -0.4 is 19.7 Å². The summed E-state index contributed by atoms with van der Waals surface area (Å²) in [5.41, 5.74) is -1.39. The molecule has 1 saturated carbocycles. The molecule has 4 aliphatic rings. The van der Waals surface area contributed by atoms with Crippen LogP contribution in [0.5, 0.6) is 5.88 Å². The Kier molecular flexibility index (Phi) is 9.06. The van der Waals surface area contributed by atoms with Crippen LogP contribution >= 0.6 is 11.9 Å². The highest BCUT2D eigenvalue weighted by Crippen LogP contribution is 2.59. The molecule has 13 heteroatoms. The molecule has 1 unspecified atom stereocenters. The monoisotopic (exact) mass is 631 g/mol. The van der Waals surface area contributed by atoms with Crippen molar-refractivity contribution >= 4 is 29.5 Å². The number of halogens is 3. The normalized spacial score (nSPS) is 21.0. The van der Waals surface area contributed by atoms with Gasteiger partial charge in [-0.05, 0) is 94.5 Å². The Hall–Kier alpha value is -3.48. The van der Waals surface area contributed by atoms with Crippen LogP contribution in [0.2, 0.25) is 0 Å². The first-order valence-corrected chi connectivity index (χ1v) is 15.6. The quantitative estimate of drug-likeness (QED) is 0.289. The molecule has 44 heavy (non-hydrogen) atoms. The zero-order chi connectivity index (χ0) is 30.2. The average molecular weight is 632 g/mol. The molecule has 0 aromatic carbocycles. The second-order valence-corrected chi connectivity index (χ2v) is 13.2. The van der Waals surface area contributed by atoms with Crippen molar-refractivity contribution < 1.29 is 22.7 Å². The number of nitrogens with one attached hydrogen (secondary N) is 2. The number of pyridine rings is 2. The minimum atomic E-state index is -4.21. The Balaban J connectivity index is 0.00000384. The molecule has 3 aliphatic heterocycles. The van der Waals surface area contributed by atoms with Crippen molar-refractivity contribution in [2.24, 2.45) is 11.3 Å². The number of fused-ring (bicyclic) bond motifs is 8. The maximum absolute atomic E-state index is 13.5. The number of aromatic nitrogens is 4. The lowest BCUT2D eigenvalue weighted by Crippen LogP contribution is -2.40. The van der Waals surface area contributed by atoms with Crippen molar-refractivity contribution in [1.29, 1.82) is 0 Å². The third kappa shape index (κ3) is 6.77. The fraction of sp³-hybridized carbons (Fsp3) is 0.548. The Morgan fingerprint density at radius 2 is 1.95 bits per heavy atom. The van der Waals surface area contributed by atoms with Crippen molar-refractivity contribution in [3.8, 4) is 11.7 Å². The summed E-state index contributed by atoms with van der Waals surface area (Å²) in [5.74, 6) is 2.28. The molecule has 2 N–H and O–H groups in total. The van der Waals surface area contributed by atoms with Gasteiger partial charge in [0.15, 0.2) is 5.82 Å². The summed E-state index contributed by atoms with van der Waals surface area (Å²) >= 11 is 1.20. The molecule has 2 fully saturated rings. The van der Waals surface area contributed by atoms with Crippen LogP contribution in [0.25, 0.3) is 5.82 Å². The summed E-state index contributed by atoms with van der Waals surface area (Å²) in [7, 11) is 0. The largest absolute Gasteiger partial charge is 0.477 e. The molecular weight excluding hydrogens is 591 g/mol. The topological polar surface area (TPSA) is 97.2 Å². The van der Waals surface area contributed by atoms with Gasteiger partial charge in [0.1, 0.15) is 11.6 Å². The lowest BCUT2D eigenvalue weighted by Gasteiger charge is -2.34. The predicted octanol–water partition coefficient (Wildman–Crippen LogP) is 7.05. The Morgan fingerprint density at radius 1 is 1.14 bits per heavy atom. The van der Waals surface area contributed by atoms with Crippen LogP contribution in [0.3, 0.4) is 0 Å². The van der Waals surface area contributed by atoms with Crippen LogP contribution in [-0.4, -0.2) is 57.1 Å². The Morgan fingerprint density at radius 3 is 2.68 bits per heavy atom. The number of ether oxygens (including phenoxy) is 1. The van der Waals surface area contributed by atoms with Crippen molar-refractivity contribution in [1.82, 2.24) is 24.5 Å². The molecule has 1 aliphatic carbocycles. The highest BCUT2D eigenvalue weighted by molar-refractivity contribution is 7.98. The standard InChI is InChI=1S/C30H36F3N7O2S.CH4/c1-28(2)17-20-5-3-4-14-34-23-8-6-21(18-35-23)43-38-27(41)22-7-9-24(36-26(22)39(28)19-20)40-15-10-25(37-40)42-16-13-29(11-12-29)30(31,32)33;/h6-10,15,18,20H,3-5,11-14,16-17,19H2,1-2H3,(H,34,35)(H,38,41);1H4. The Labute approximate surface area is 260 Å². The zero-order valence-corrected chi connectivity index (χ0v) is 25.1. The van der Waals surface area contributed by atoms with Gasteiger partial charge >= 0.3 is 6.18 Å². The first-order chi connectivity index (χ1) is 20.5.